The van der Waals surface area contributed by atoms with Gasteiger partial charge in [0.1, 0.15) is 11.5 Å². The summed E-state index contributed by atoms with van der Waals surface area (Å²) in [5, 5.41) is 7.69. The maximum absolute atomic E-state index is 5.92. The van der Waals surface area contributed by atoms with Crippen LogP contribution in [0.5, 0.6) is 0 Å². The SMILES string of the molecule is C[C@H]1C[C@H]1c1ccc(CNCc2cccnc2-n2cccn2)o1. The van der Waals surface area contributed by atoms with Gasteiger partial charge in [0.25, 0.3) is 0 Å². The highest BCUT2D eigenvalue weighted by Crippen LogP contribution is 2.47. The molecular weight excluding hydrogens is 288 g/mol. The van der Waals surface area contributed by atoms with Crippen LogP contribution in [0.3, 0.4) is 0 Å². The van der Waals surface area contributed by atoms with Gasteiger partial charge in [-0.1, -0.05) is 13.0 Å². The number of hydrogen-bond donors (Lipinski definition) is 1. The molecule has 3 aromatic heterocycles. The lowest BCUT2D eigenvalue weighted by Crippen LogP contribution is -2.15. The number of pyridine rings is 1. The molecule has 0 radical (unpaired) electrons. The van der Waals surface area contributed by atoms with Crippen LogP contribution in [0.4, 0.5) is 0 Å². The molecule has 4 rings (SSSR count). The Balaban J connectivity index is 1.39. The first-order valence-corrected chi connectivity index (χ1v) is 8.04. The fourth-order valence-electron chi connectivity index (χ4n) is 2.90. The van der Waals surface area contributed by atoms with E-state index in [4.69, 9.17) is 4.42 Å². The Labute approximate surface area is 135 Å². The normalized spacial score (nSPS) is 19.9. The molecule has 0 bridgehead atoms. The molecule has 0 aliphatic heterocycles. The number of furan rings is 1. The Morgan fingerprint density at radius 1 is 1.22 bits per heavy atom. The molecule has 3 aromatic rings. The smallest absolute Gasteiger partial charge is 0.157 e. The second-order valence-corrected chi connectivity index (χ2v) is 6.16. The first-order valence-electron chi connectivity index (χ1n) is 8.04. The van der Waals surface area contributed by atoms with Crippen LogP contribution in [0.1, 0.15) is 36.3 Å². The maximum atomic E-state index is 5.92. The molecule has 0 aromatic carbocycles. The van der Waals surface area contributed by atoms with Crippen molar-refractivity contribution in [2.24, 2.45) is 5.92 Å². The highest BCUT2D eigenvalue weighted by molar-refractivity contribution is 5.32. The van der Waals surface area contributed by atoms with Gasteiger partial charge in [0.2, 0.25) is 0 Å². The van der Waals surface area contributed by atoms with Crippen LogP contribution >= 0.6 is 0 Å². The van der Waals surface area contributed by atoms with E-state index in [2.05, 4.69) is 40.5 Å². The topological polar surface area (TPSA) is 55.9 Å². The third kappa shape index (κ3) is 3.05. The van der Waals surface area contributed by atoms with Crippen molar-refractivity contribution in [2.75, 3.05) is 0 Å². The molecule has 1 aliphatic carbocycles. The van der Waals surface area contributed by atoms with E-state index in [9.17, 15) is 0 Å². The standard InChI is InChI=1S/C18H20N4O/c1-13-10-16(13)17-6-5-15(23-17)12-19-11-14-4-2-7-20-18(14)22-9-3-8-21-22/h2-9,13,16,19H,10-12H2,1H3/t13-,16+/m0/s1. The number of nitrogens with one attached hydrogen (secondary N) is 1. The van der Waals surface area contributed by atoms with Crippen LogP contribution < -0.4 is 5.32 Å². The first kappa shape index (κ1) is 14.2. The van der Waals surface area contributed by atoms with Crippen molar-refractivity contribution in [3.8, 4) is 5.82 Å². The van der Waals surface area contributed by atoms with Gasteiger partial charge in [-0.25, -0.2) is 9.67 Å². The van der Waals surface area contributed by atoms with Crippen molar-refractivity contribution in [1.82, 2.24) is 20.1 Å². The highest BCUT2D eigenvalue weighted by Gasteiger charge is 2.36. The average molecular weight is 308 g/mol. The lowest BCUT2D eigenvalue weighted by molar-refractivity contribution is 0.444. The van der Waals surface area contributed by atoms with E-state index in [1.165, 1.54) is 6.42 Å². The monoisotopic (exact) mass is 308 g/mol. The summed E-state index contributed by atoms with van der Waals surface area (Å²) in [6.45, 7) is 3.71. The predicted molar refractivity (Wildman–Crippen MR) is 87.1 cm³/mol. The zero-order valence-electron chi connectivity index (χ0n) is 13.1. The Morgan fingerprint density at radius 3 is 2.91 bits per heavy atom. The van der Waals surface area contributed by atoms with Gasteiger partial charge >= 0.3 is 0 Å². The van der Waals surface area contributed by atoms with E-state index in [0.29, 0.717) is 12.5 Å². The number of nitrogens with zero attached hydrogens (tertiary/aromatic N) is 3. The van der Waals surface area contributed by atoms with E-state index >= 15 is 0 Å². The van der Waals surface area contributed by atoms with Crippen LogP contribution in [-0.4, -0.2) is 14.8 Å². The summed E-state index contributed by atoms with van der Waals surface area (Å²) in [4.78, 5) is 4.43. The number of aromatic nitrogens is 3. The van der Waals surface area contributed by atoms with E-state index in [1.807, 2.05) is 18.3 Å². The molecule has 1 aliphatic rings. The number of hydrogen-bond acceptors (Lipinski definition) is 4. The number of rotatable bonds is 6. The third-order valence-corrected chi connectivity index (χ3v) is 4.36. The van der Waals surface area contributed by atoms with Crippen LogP contribution in [0.25, 0.3) is 5.82 Å². The van der Waals surface area contributed by atoms with Crippen molar-refractivity contribution in [3.63, 3.8) is 0 Å². The van der Waals surface area contributed by atoms with E-state index in [-0.39, 0.29) is 0 Å². The summed E-state index contributed by atoms with van der Waals surface area (Å²) in [7, 11) is 0. The first-order chi connectivity index (χ1) is 11.3. The summed E-state index contributed by atoms with van der Waals surface area (Å²) in [6.07, 6.45) is 6.70. The minimum atomic E-state index is 0.633. The van der Waals surface area contributed by atoms with Crippen LogP contribution in [0.15, 0.2) is 53.3 Å². The summed E-state index contributed by atoms with van der Waals surface area (Å²) in [6, 6.07) is 10.1. The van der Waals surface area contributed by atoms with Gasteiger partial charge in [0, 0.05) is 36.6 Å². The molecule has 2 atom stereocenters. The molecule has 0 saturated heterocycles. The Bertz CT molecular complexity index is 778. The molecule has 118 valence electrons. The van der Waals surface area contributed by atoms with Crippen molar-refractivity contribution in [2.45, 2.75) is 32.4 Å². The molecule has 1 N–H and O–H groups in total. The van der Waals surface area contributed by atoms with E-state index < -0.39 is 0 Å². The second kappa shape index (κ2) is 6.01. The summed E-state index contributed by atoms with van der Waals surface area (Å²) >= 11 is 0. The van der Waals surface area contributed by atoms with Gasteiger partial charge in [-0.15, -0.1) is 0 Å². The predicted octanol–water partition coefficient (Wildman–Crippen LogP) is 3.27. The molecule has 1 saturated carbocycles. The Morgan fingerprint density at radius 2 is 2.13 bits per heavy atom. The van der Waals surface area contributed by atoms with Crippen molar-refractivity contribution in [1.29, 1.82) is 0 Å². The summed E-state index contributed by atoms with van der Waals surface area (Å²) < 4.78 is 7.71. The lowest BCUT2D eigenvalue weighted by atomic mass is 10.2. The largest absolute Gasteiger partial charge is 0.464 e. The Hall–Kier alpha value is -2.40. The molecule has 5 heteroatoms. The Kier molecular flexibility index (Phi) is 3.71. The zero-order valence-corrected chi connectivity index (χ0v) is 13.1. The molecular formula is C18H20N4O. The van der Waals surface area contributed by atoms with Gasteiger partial charge in [-0.05, 0) is 36.6 Å². The molecule has 0 unspecified atom stereocenters. The van der Waals surface area contributed by atoms with Crippen molar-refractivity contribution < 1.29 is 4.42 Å². The second-order valence-electron chi connectivity index (χ2n) is 6.16. The van der Waals surface area contributed by atoms with Crippen LogP contribution in [-0.2, 0) is 13.1 Å². The molecule has 3 heterocycles. The fraction of sp³-hybridized carbons (Fsp3) is 0.333. The molecule has 0 amide bonds. The van der Waals surface area contributed by atoms with Gasteiger partial charge in [0.05, 0.1) is 6.54 Å². The highest BCUT2D eigenvalue weighted by atomic mass is 16.3. The maximum Gasteiger partial charge on any atom is 0.157 e. The van der Waals surface area contributed by atoms with E-state index in [1.54, 1.807) is 17.1 Å². The fourth-order valence-corrected chi connectivity index (χ4v) is 2.90. The quantitative estimate of drug-likeness (QED) is 0.759. The lowest BCUT2D eigenvalue weighted by Gasteiger charge is -2.08. The summed E-state index contributed by atoms with van der Waals surface area (Å²) in [5.74, 6) is 4.39. The molecule has 0 spiro atoms. The molecule has 5 nitrogen and oxygen atoms in total. The minimum Gasteiger partial charge on any atom is -0.464 e. The van der Waals surface area contributed by atoms with Crippen molar-refractivity contribution >= 4 is 0 Å². The molecule has 23 heavy (non-hydrogen) atoms. The third-order valence-electron chi connectivity index (χ3n) is 4.36. The molecule has 1 fully saturated rings. The zero-order chi connectivity index (χ0) is 15.6. The van der Waals surface area contributed by atoms with E-state index in [0.717, 1.165) is 35.4 Å². The van der Waals surface area contributed by atoms with Gasteiger partial charge in [0.15, 0.2) is 5.82 Å². The van der Waals surface area contributed by atoms with Crippen LogP contribution in [0, 0.1) is 5.92 Å². The summed E-state index contributed by atoms with van der Waals surface area (Å²) in [5.41, 5.74) is 1.11. The van der Waals surface area contributed by atoms with Gasteiger partial charge in [-0.2, -0.15) is 5.10 Å². The van der Waals surface area contributed by atoms with Gasteiger partial charge in [-0.3, -0.25) is 0 Å². The van der Waals surface area contributed by atoms with Crippen LogP contribution in [0.2, 0.25) is 0 Å². The van der Waals surface area contributed by atoms with Gasteiger partial charge < -0.3 is 9.73 Å². The van der Waals surface area contributed by atoms with Crippen molar-refractivity contribution in [3.05, 3.63) is 66.0 Å². The minimum absolute atomic E-state index is 0.633. The average Bonchev–Trinajstić information content (AvgIpc) is 3.01.